The van der Waals surface area contributed by atoms with E-state index in [9.17, 15) is 4.79 Å². The quantitative estimate of drug-likeness (QED) is 0.767. The Morgan fingerprint density at radius 2 is 2.11 bits per heavy atom. The number of oxazole rings is 1. The Morgan fingerprint density at radius 1 is 1.33 bits per heavy atom. The lowest BCUT2D eigenvalue weighted by molar-refractivity contribution is 0.0303. The molecule has 0 bridgehead atoms. The number of nitrogens with zero attached hydrogens (tertiary/aromatic N) is 2. The molecular weight excluding hydrogens is 232 g/mol. The molecule has 0 atom stereocenters. The molecule has 0 N–H and O–H groups in total. The topological polar surface area (TPSA) is 55.6 Å². The van der Waals surface area contributed by atoms with E-state index in [4.69, 9.17) is 9.15 Å². The number of carbonyl (C=O) groups excluding carboxylic acids is 1. The SMILES string of the molecule is Cc1nc2ccc(C(=O)N3CCOCC3)cc2o1. The third-order valence-electron chi connectivity index (χ3n) is 3.04. The molecule has 0 saturated carbocycles. The van der Waals surface area contributed by atoms with Crippen LogP contribution in [-0.2, 0) is 4.74 Å². The number of morpholine rings is 1. The van der Waals surface area contributed by atoms with E-state index in [1.807, 2.05) is 6.07 Å². The van der Waals surface area contributed by atoms with Gasteiger partial charge in [0.15, 0.2) is 11.5 Å². The van der Waals surface area contributed by atoms with Gasteiger partial charge in [-0.05, 0) is 18.2 Å². The summed E-state index contributed by atoms with van der Waals surface area (Å²) in [6, 6.07) is 5.37. The fourth-order valence-corrected chi connectivity index (χ4v) is 2.12. The second-order valence-electron chi connectivity index (χ2n) is 4.32. The van der Waals surface area contributed by atoms with Crippen LogP contribution in [0.15, 0.2) is 22.6 Å². The average Bonchev–Trinajstić information content (AvgIpc) is 2.78. The second-order valence-corrected chi connectivity index (χ2v) is 4.32. The summed E-state index contributed by atoms with van der Waals surface area (Å²) in [6.07, 6.45) is 0. The van der Waals surface area contributed by atoms with Gasteiger partial charge in [0.2, 0.25) is 0 Å². The van der Waals surface area contributed by atoms with Gasteiger partial charge < -0.3 is 14.1 Å². The van der Waals surface area contributed by atoms with Crippen molar-refractivity contribution in [2.75, 3.05) is 26.3 Å². The molecule has 1 aromatic heterocycles. The second kappa shape index (κ2) is 4.42. The molecule has 18 heavy (non-hydrogen) atoms. The van der Waals surface area contributed by atoms with Crippen molar-refractivity contribution in [1.29, 1.82) is 0 Å². The molecule has 2 aromatic rings. The molecule has 3 rings (SSSR count). The van der Waals surface area contributed by atoms with E-state index in [-0.39, 0.29) is 5.91 Å². The zero-order valence-corrected chi connectivity index (χ0v) is 10.2. The predicted molar refractivity (Wildman–Crippen MR) is 65.5 cm³/mol. The van der Waals surface area contributed by atoms with Gasteiger partial charge in [0, 0.05) is 25.6 Å². The van der Waals surface area contributed by atoms with Gasteiger partial charge in [0.25, 0.3) is 5.91 Å². The van der Waals surface area contributed by atoms with E-state index in [2.05, 4.69) is 4.98 Å². The lowest BCUT2D eigenvalue weighted by Gasteiger charge is -2.26. The number of rotatable bonds is 1. The number of hydrogen-bond acceptors (Lipinski definition) is 4. The van der Waals surface area contributed by atoms with E-state index >= 15 is 0 Å². The Labute approximate surface area is 104 Å². The van der Waals surface area contributed by atoms with Crippen molar-refractivity contribution in [3.63, 3.8) is 0 Å². The first-order chi connectivity index (χ1) is 8.74. The summed E-state index contributed by atoms with van der Waals surface area (Å²) in [5.74, 6) is 0.634. The lowest BCUT2D eigenvalue weighted by atomic mass is 10.1. The van der Waals surface area contributed by atoms with E-state index in [1.54, 1.807) is 24.0 Å². The molecule has 0 unspecified atom stereocenters. The van der Waals surface area contributed by atoms with Gasteiger partial charge in [-0.2, -0.15) is 0 Å². The van der Waals surface area contributed by atoms with Gasteiger partial charge >= 0.3 is 0 Å². The molecule has 1 saturated heterocycles. The molecule has 2 heterocycles. The van der Waals surface area contributed by atoms with E-state index in [0.29, 0.717) is 43.3 Å². The van der Waals surface area contributed by atoms with Gasteiger partial charge in [0.05, 0.1) is 13.2 Å². The molecule has 1 aromatic carbocycles. The van der Waals surface area contributed by atoms with Crippen molar-refractivity contribution in [3.8, 4) is 0 Å². The summed E-state index contributed by atoms with van der Waals surface area (Å²) in [6.45, 7) is 4.30. The minimum atomic E-state index is 0.0225. The van der Waals surface area contributed by atoms with E-state index in [0.717, 1.165) is 5.52 Å². The summed E-state index contributed by atoms with van der Waals surface area (Å²) < 4.78 is 10.7. The van der Waals surface area contributed by atoms with Gasteiger partial charge in [0.1, 0.15) is 5.52 Å². The van der Waals surface area contributed by atoms with Crippen LogP contribution < -0.4 is 0 Å². The fraction of sp³-hybridized carbons (Fsp3) is 0.385. The number of ether oxygens (including phenoxy) is 1. The third kappa shape index (κ3) is 1.97. The van der Waals surface area contributed by atoms with Crippen LogP contribution in [0.5, 0.6) is 0 Å². The normalized spacial score (nSPS) is 16.2. The monoisotopic (exact) mass is 246 g/mol. The van der Waals surface area contributed by atoms with Crippen molar-refractivity contribution in [2.24, 2.45) is 0 Å². The molecule has 5 nitrogen and oxygen atoms in total. The molecule has 94 valence electrons. The number of carbonyl (C=O) groups is 1. The van der Waals surface area contributed by atoms with Gasteiger partial charge in [-0.1, -0.05) is 0 Å². The van der Waals surface area contributed by atoms with E-state index in [1.165, 1.54) is 0 Å². The van der Waals surface area contributed by atoms with Crippen LogP contribution in [0.3, 0.4) is 0 Å². The molecule has 1 aliphatic heterocycles. The van der Waals surface area contributed by atoms with Crippen molar-refractivity contribution in [3.05, 3.63) is 29.7 Å². The van der Waals surface area contributed by atoms with Crippen molar-refractivity contribution in [1.82, 2.24) is 9.88 Å². The smallest absolute Gasteiger partial charge is 0.254 e. The highest BCUT2D eigenvalue weighted by molar-refractivity contribution is 5.97. The summed E-state index contributed by atoms with van der Waals surface area (Å²) in [4.78, 5) is 18.3. The maximum Gasteiger partial charge on any atom is 0.254 e. The number of amides is 1. The molecule has 0 radical (unpaired) electrons. The Balaban J connectivity index is 1.90. The highest BCUT2D eigenvalue weighted by Gasteiger charge is 2.19. The summed E-state index contributed by atoms with van der Waals surface area (Å²) >= 11 is 0. The zero-order chi connectivity index (χ0) is 12.5. The number of fused-ring (bicyclic) bond motifs is 1. The Hall–Kier alpha value is -1.88. The van der Waals surface area contributed by atoms with Gasteiger partial charge in [-0.3, -0.25) is 4.79 Å². The highest BCUT2D eigenvalue weighted by atomic mass is 16.5. The minimum absolute atomic E-state index is 0.0225. The summed E-state index contributed by atoms with van der Waals surface area (Å²) in [5, 5.41) is 0. The van der Waals surface area contributed by atoms with Gasteiger partial charge in [-0.25, -0.2) is 4.98 Å². The zero-order valence-electron chi connectivity index (χ0n) is 10.2. The summed E-state index contributed by atoms with van der Waals surface area (Å²) in [7, 11) is 0. The standard InChI is InChI=1S/C13H14N2O3/c1-9-14-11-3-2-10(8-12(11)18-9)13(16)15-4-6-17-7-5-15/h2-3,8H,4-7H2,1H3. The number of benzene rings is 1. The van der Waals surface area contributed by atoms with Crippen LogP contribution >= 0.6 is 0 Å². The molecule has 1 fully saturated rings. The predicted octanol–water partition coefficient (Wildman–Crippen LogP) is 1.61. The van der Waals surface area contributed by atoms with Crippen molar-refractivity contribution < 1.29 is 13.9 Å². The first-order valence-electron chi connectivity index (χ1n) is 5.98. The molecular formula is C13H14N2O3. The van der Waals surface area contributed by atoms with Crippen LogP contribution in [0.25, 0.3) is 11.1 Å². The largest absolute Gasteiger partial charge is 0.441 e. The molecule has 1 aliphatic rings. The number of aryl methyl sites for hydroxylation is 1. The maximum absolute atomic E-state index is 12.3. The maximum atomic E-state index is 12.3. The third-order valence-corrected chi connectivity index (χ3v) is 3.04. The fourth-order valence-electron chi connectivity index (χ4n) is 2.12. The molecule has 0 aliphatic carbocycles. The highest BCUT2D eigenvalue weighted by Crippen LogP contribution is 2.18. The van der Waals surface area contributed by atoms with Crippen LogP contribution in [-0.4, -0.2) is 42.1 Å². The summed E-state index contributed by atoms with van der Waals surface area (Å²) in [5.41, 5.74) is 2.08. The molecule has 5 heteroatoms. The first kappa shape index (κ1) is 11.2. The Kier molecular flexibility index (Phi) is 2.76. The van der Waals surface area contributed by atoms with Crippen LogP contribution in [0.1, 0.15) is 16.2 Å². The number of aromatic nitrogens is 1. The Morgan fingerprint density at radius 3 is 2.89 bits per heavy atom. The van der Waals surface area contributed by atoms with Gasteiger partial charge in [-0.15, -0.1) is 0 Å². The van der Waals surface area contributed by atoms with Crippen molar-refractivity contribution >= 4 is 17.0 Å². The van der Waals surface area contributed by atoms with Crippen LogP contribution in [0, 0.1) is 6.92 Å². The van der Waals surface area contributed by atoms with Crippen LogP contribution in [0.2, 0.25) is 0 Å². The lowest BCUT2D eigenvalue weighted by Crippen LogP contribution is -2.40. The minimum Gasteiger partial charge on any atom is -0.441 e. The average molecular weight is 246 g/mol. The van der Waals surface area contributed by atoms with Crippen molar-refractivity contribution in [2.45, 2.75) is 6.92 Å². The first-order valence-corrected chi connectivity index (χ1v) is 5.98. The molecule has 0 spiro atoms. The number of hydrogen-bond donors (Lipinski definition) is 0. The van der Waals surface area contributed by atoms with E-state index < -0.39 is 0 Å². The Bertz CT molecular complexity index is 585. The van der Waals surface area contributed by atoms with Crippen LogP contribution in [0.4, 0.5) is 0 Å². The molecule has 1 amide bonds.